The van der Waals surface area contributed by atoms with Crippen molar-refractivity contribution in [3.8, 4) is 5.75 Å². The minimum absolute atomic E-state index is 0.00913. The van der Waals surface area contributed by atoms with Crippen LogP contribution in [-0.4, -0.2) is 15.7 Å². The summed E-state index contributed by atoms with van der Waals surface area (Å²) in [7, 11) is 0. The summed E-state index contributed by atoms with van der Waals surface area (Å²) in [6.45, 7) is 3.24. The van der Waals surface area contributed by atoms with Gasteiger partial charge >= 0.3 is 0 Å². The molecule has 2 aromatic carbocycles. The number of furan rings is 1. The second-order valence-corrected chi connectivity index (χ2v) is 8.59. The zero-order chi connectivity index (χ0) is 26.1. The maximum absolute atomic E-state index is 13.8. The molecule has 1 N–H and O–H groups in total. The predicted octanol–water partition coefficient (Wildman–Crippen LogP) is 6.84. The van der Waals surface area contributed by atoms with E-state index in [2.05, 4.69) is 10.4 Å². The first-order valence-corrected chi connectivity index (χ1v) is 11.1. The fourth-order valence-electron chi connectivity index (χ4n) is 3.42. The molecule has 0 saturated heterocycles. The number of benzene rings is 2. The highest BCUT2D eigenvalue weighted by atomic mass is 35.5. The molecule has 0 unspecified atom stereocenters. The average molecular weight is 542 g/mol. The quantitative estimate of drug-likeness (QED) is 0.205. The summed E-state index contributed by atoms with van der Waals surface area (Å²) in [5.74, 6) is -8.55. The highest BCUT2D eigenvalue weighted by molar-refractivity contribution is 6.35. The van der Waals surface area contributed by atoms with Crippen LogP contribution in [0, 0.1) is 37.1 Å². The number of nitrogens with zero attached hydrogens (tertiary/aromatic N) is 2. The second kappa shape index (κ2) is 10.2. The van der Waals surface area contributed by atoms with Gasteiger partial charge in [-0.25, -0.2) is 8.78 Å². The van der Waals surface area contributed by atoms with Crippen LogP contribution in [0.3, 0.4) is 0 Å². The molecular formula is C24H17Cl2F4N3O3. The van der Waals surface area contributed by atoms with Gasteiger partial charge in [-0.05, 0) is 43.7 Å². The van der Waals surface area contributed by atoms with E-state index in [1.807, 2.05) is 0 Å². The first-order valence-electron chi connectivity index (χ1n) is 10.4. The Kier molecular flexibility index (Phi) is 7.28. The maximum Gasteiger partial charge on any atom is 0.291 e. The van der Waals surface area contributed by atoms with Crippen LogP contribution in [0.1, 0.15) is 33.3 Å². The highest BCUT2D eigenvalue weighted by Crippen LogP contribution is 2.28. The molecule has 1 amide bonds. The molecular weight excluding hydrogens is 525 g/mol. The van der Waals surface area contributed by atoms with Gasteiger partial charge in [-0.1, -0.05) is 29.3 Å². The minimum atomic E-state index is -1.68. The minimum Gasteiger partial charge on any atom is -0.479 e. The van der Waals surface area contributed by atoms with Crippen molar-refractivity contribution in [2.45, 2.75) is 27.0 Å². The van der Waals surface area contributed by atoms with Crippen molar-refractivity contribution in [2.24, 2.45) is 0 Å². The maximum atomic E-state index is 13.8. The molecule has 2 aromatic heterocycles. The smallest absolute Gasteiger partial charge is 0.291 e. The monoisotopic (exact) mass is 541 g/mol. The molecule has 0 aliphatic rings. The van der Waals surface area contributed by atoms with Gasteiger partial charge in [0.05, 0.1) is 23.6 Å². The van der Waals surface area contributed by atoms with E-state index in [4.69, 9.17) is 32.4 Å². The molecule has 2 heterocycles. The summed E-state index contributed by atoms with van der Waals surface area (Å²) in [4.78, 5) is 12.7. The zero-order valence-corrected chi connectivity index (χ0v) is 20.3. The van der Waals surface area contributed by atoms with Crippen LogP contribution in [0.4, 0.5) is 23.2 Å². The third-order valence-corrected chi connectivity index (χ3v) is 5.86. The van der Waals surface area contributed by atoms with E-state index in [0.29, 0.717) is 33.7 Å². The predicted molar refractivity (Wildman–Crippen MR) is 125 cm³/mol. The normalized spacial score (nSPS) is 11.1. The lowest BCUT2D eigenvalue weighted by molar-refractivity contribution is 0.0992. The molecule has 0 atom stereocenters. The Morgan fingerprint density at radius 1 is 1.06 bits per heavy atom. The molecule has 0 saturated carbocycles. The van der Waals surface area contributed by atoms with Crippen molar-refractivity contribution >= 4 is 34.8 Å². The van der Waals surface area contributed by atoms with Gasteiger partial charge in [-0.3, -0.25) is 9.48 Å². The summed E-state index contributed by atoms with van der Waals surface area (Å²) in [5, 5.41) is 8.14. The van der Waals surface area contributed by atoms with Crippen LogP contribution in [0.15, 0.2) is 40.8 Å². The van der Waals surface area contributed by atoms with Gasteiger partial charge < -0.3 is 14.5 Å². The van der Waals surface area contributed by atoms with Crippen molar-refractivity contribution in [2.75, 3.05) is 5.32 Å². The Hall–Kier alpha value is -3.50. The number of ether oxygens (including phenoxy) is 1. The van der Waals surface area contributed by atoms with E-state index in [9.17, 15) is 22.4 Å². The Morgan fingerprint density at radius 2 is 1.75 bits per heavy atom. The first kappa shape index (κ1) is 25.6. The third-order valence-electron chi connectivity index (χ3n) is 5.27. The van der Waals surface area contributed by atoms with E-state index >= 15 is 0 Å². The number of halogens is 6. The van der Waals surface area contributed by atoms with E-state index in [1.165, 1.54) is 12.1 Å². The number of aromatic nitrogens is 2. The molecule has 0 aliphatic carbocycles. The second-order valence-electron chi connectivity index (χ2n) is 7.75. The Bertz CT molecular complexity index is 1440. The van der Waals surface area contributed by atoms with Crippen LogP contribution in [0.2, 0.25) is 10.0 Å². The van der Waals surface area contributed by atoms with Gasteiger partial charge in [-0.15, -0.1) is 0 Å². The number of amides is 1. The van der Waals surface area contributed by atoms with Crippen molar-refractivity contribution in [3.63, 3.8) is 0 Å². The van der Waals surface area contributed by atoms with E-state index < -0.39 is 41.5 Å². The number of nitrogens with one attached hydrogen (secondary N) is 1. The van der Waals surface area contributed by atoms with Crippen LogP contribution < -0.4 is 10.1 Å². The van der Waals surface area contributed by atoms with Gasteiger partial charge in [-0.2, -0.15) is 13.9 Å². The van der Waals surface area contributed by atoms with E-state index in [1.54, 1.807) is 36.7 Å². The van der Waals surface area contributed by atoms with Crippen LogP contribution in [-0.2, 0) is 13.2 Å². The molecule has 4 rings (SSSR count). The van der Waals surface area contributed by atoms with Gasteiger partial charge in [0.25, 0.3) is 5.91 Å². The third kappa shape index (κ3) is 5.19. The molecule has 0 radical (unpaired) electrons. The first-order chi connectivity index (χ1) is 17.0. The summed E-state index contributed by atoms with van der Waals surface area (Å²) in [6, 6.07) is 7.83. The highest BCUT2D eigenvalue weighted by Gasteiger charge is 2.22. The van der Waals surface area contributed by atoms with Crippen molar-refractivity contribution in [3.05, 3.63) is 98.2 Å². The van der Waals surface area contributed by atoms with Gasteiger partial charge in [0, 0.05) is 16.1 Å². The fraction of sp³-hybridized carbons (Fsp3) is 0.167. The number of carbonyl (C=O) groups excluding carboxylic acids is 1. The molecule has 36 heavy (non-hydrogen) atoms. The summed E-state index contributed by atoms with van der Waals surface area (Å²) in [5.41, 5.74) is 2.44. The number of carbonyl (C=O) groups is 1. The summed E-state index contributed by atoms with van der Waals surface area (Å²) < 4.78 is 66.1. The lowest BCUT2D eigenvalue weighted by Gasteiger charge is -2.09. The number of hydrogen-bond donors (Lipinski definition) is 1. The number of rotatable bonds is 7. The largest absolute Gasteiger partial charge is 0.479 e. The number of hydrogen-bond acceptors (Lipinski definition) is 4. The molecule has 12 heteroatoms. The lowest BCUT2D eigenvalue weighted by atomic mass is 10.2. The summed E-state index contributed by atoms with van der Waals surface area (Å²) in [6.07, 6.45) is 0. The van der Waals surface area contributed by atoms with Crippen LogP contribution in [0.5, 0.6) is 5.75 Å². The molecule has 0 fully saturated rings. The van der Waals surface area contributed by atoms with Crippen LogP contribution in [0.25, 0.3) is 0 Å². The number of anilines is 1. The van der Waals surface area contributed by atoms with Crippen molar-refractivity contribution in [1.29, 1.82) is 0 Å². The van der Waals surface area contributed by atoms with Gasteiger partial charge in [0.15, 0.2) is 23.1 Å². The molecule has 6 nitrogen and oxygen atoms in total. The molecule has 4 aromatic rings. The van der Waals surface area contributed by atoms with Gasteiger partial charge in [0.2, 0.25) is 11.6 Å². The summed E-state index contributed by atoms with van der Waals surface area (Å²) >= 11 is 12.2. The lowest BCUT2D eigenvalue weighted by Crippen LogP contribution is -2.12. The standard InChI is InChI=1S/C24H17Cl2F4N3O3/c1-11-22(12(2)33(32-11)9-13-3-4-14(25)7-16(13)26)31-24(34)19-6-5-15(36-19)10-35-23-20(29)17(27)8-18(28)21(23)30/h3-8H,9-10H2,1-2H3,(H,31,34). The van der Waals surface area contributed by atoms with E-state index in [0.717, 1.165) is 5.56 Å². The molecule has 188 valence electrons. The van der Waals surface area contributed by atoms with Gasteiger partial charge in [0.1, 0.15) is 12.4 Å². The number of aryl methyl sites for hydroxylation is 1. The van der Waals surface area contributed by atoms with E-state index in [-0.39, 0.29) is 17.6 Å². The Labute approximate surface area is 212 Å². The average Bonchev–Trinajstić information content (AvgIpc) is 3.40. The molecule has 0 bridgehead atoms. The Morgan fingerprint density at radius 3 is 2.42 bits per heavy atom. The topological polar surface area (TPSA) is 69.3 Å². The fourth-order valence-corrected chi connectivity index (χ4v) is 3.89. The Balaban J connectivity index is 1.46. The SMILES string of the molecule is Cc1nn(Cc2ccc(Cl)cc2Cl)c(C)c1NC(=O)c1ccc(COc2c(F)c(F)cc(F)c2F)o1. The molecule has 0 aliphatic heterocycles. The zero-order valence-electron chi connectivity index (χ0n) is 18.8. The van der Waals surface area contributed by atoms with Crippen LogP contribution >= 0.6 is 23.2 Å². The molecule has 0 spiro atoms. The van der Waals surface area contributed by atoms with Crippen molar-refractivity contribution in [1.82, 2.24) is 9.78 Å². The van der Waals surface area contributed by atoms with Crippen molar-refractivity contribution < 1.29 is 31.5 Å².